The summed E-state index contributed by atoms with van der Waals surface area (Å²) in [6.07, 6.45) is 4.29. The van der Waals surface area contributed by atoms with Crippen LogP contribution in [0.5, 0.6) is 0 Å². The Bertz CT molecular complexity index is 731. The SMILES string of the molecule is Cl.O=C(CCCc1cccs1)Nc1cccc(C(=O)NC2CCCNC2)c1. The Morgan fingerprint density at radius 1 is 1.22 bits per heavy atom. The van der Waals surface area contributed by atoms with Gasteiger partial charge in [0, 0.05) is 35.1 Å². The van der Waals surface area contributed by atoms with E-state index in [1.165, 1.54) is 4.88 Å². The van der Waals surface area contributed by atoms with E-state index in [2.05, 4.69) is 27.4 Å². The fourth-order valence-corrected chi connectivity index (χ4v) is 3.83. The average Bonchev–Trinajstić information content (AvgIpc) is 3.16. The number of nitrogens with one attached hydrogen (secondary N) is 3. The van der Waals surface area contributed by atoms with E-state index in [1.807, 2.05) is 12.1 Å². The standard InChI is InChI=1S/C20H25N3O2S.ClH/c24-19(10-2-8-18-9-4-12-26-18)22-16-6-1-5-15(13-16)20(25)23-17-7-3-11-21-14-17;/h1,4-6,9,12-13,17,21H,2-3,7-8,10-11,14H2,(H,22,24)(H,23,25);1H. The molecule has 146 valence electrons. The summed E-state index contributed by atoms with van der Waals surface area (Å²) in [5.41, 5.74) is 1.24. The average molecular weight is 408 g/mol. The third kappa shape index (κ3) is 6.97. The number of hydrogen-bond acceptors (Lipinski definition) is 4. The van der Waals surface area contributed by atoms with Crippen molar-refractivity contribution in [1.82, 2.24) is 10.6 Å². The number of thiophene rings is 1. The van der Waals surface area contributed by atoms with Gasteiger partial charge < -0.3 is 16.0 Å². The molecule has 0 saturated carbocycles. The summed E-state index contributed by atoms with van der Waals surface area (Å²) >= 11 is 1.72. The van der Waals surface area contributed by atoms with Crippen LogP contribution in [0.4, 0.5) is 5.69 Å². The summed E-state index contributed by atoms with van der Waals surface area (Å²) in [6, 6.07) is 11.4. The Labute approximate surface area is 170 Å². The molecule has 2 amide bonds. The van der Waals surface area contributed by atoms with Gasteiger partial charge in [-0.15, -0.1) is 23.7 Å². The van der Waals surface area contributed by atoms with Gasteiger partial charge in [0.2, 0.25) is 5.91 Å². The summed E-state index contributed by atoms with van der Waals surface area (Å²) < 4.78 is 0. The van der Waals surface area contributed by atoms with E-state index < -0.39 is 0 Å². The van der Waals surface area contributed by atoms with Crippen LogP contribution >= 0.6 is 23.7 Å². The van der Waals surface area contributed by atoms with Gasteiger partial charge in [-0.05, 0) is 61.9 Å². The fourth-order valence-electron chi connectivity index (χ4n) is 3.08. The maximum absolute atomic E-state index is 12.4. The summed E-state index contributed by atoms with van der Waals surface area (Å²) in [4.78, 5) is 25.8. The molecule has 0 radical (unpaired) electrons. The van der Waals surface area contributed by atoms with E-state index in [0.717, 1.165) is 38.8 Å². The molecule has 27 heavy (non-hydrogen) atoms. The van der Waals surface area contributed by atoms with Gasteiger partial charge in [-0.2, -0.15) is 0 Å². The molecule has 0 bridgehead atoms. The third-order valence-corrected chi connectivity index (χ3v) is 5.38. The zero-order chi connectivity index (χ0) is 18.2. The molecule has 1 aromatic carbocycles. The first-order chi connectivity index (χ1) is 12.7. The summed E-state index contributed by atoms with van der Waals surface area (Å²) in [5, 5.41) is 11.3. The van der Waals surface area contributed by atoms with Gasteiger partial charge in [-0.1, -0.05) is 12.1 Å². The Hall–Kier alpha value is -1.89. The Kier molecular flexibility index (Phi) is 8.78. The Morgan fingerprint density at radius 2 is 2.11 bits per heavy atom. The molecule has 1 saturated heterocycles. The Morgan fingerprint density at radius 3 is 2.85 bits per heavy atom. The number of anilines is 1. The molecule has 1 aliphatic rings. The second-order valence-electron chi connectivity index (χ2n) is 6.58. The normalized spacial score (nSPS) is 16.2. The van der Waals surface area contributed by atoms with Crippen molar-refractivity contribution in [3.05, 3.63) is 52.2 Å². The summed E-state index contributed by atoms with van der Waals surface area (Å²) in [7, 11) is 0. The number of rotatable bonds is 7. The van der Waals surface area contributed by atoms with Gasteiger partial charge >= 0.3 is 0 Å². The van der Waals surface area contributed by atoms with E-state index in [9.17, 15) is 9.59 Å². The lowest BCUT2D eigenvalue weighted by molar-refractivity contribution is -0.116. The van der Waals surface area contributed by atoms with Crippen molar-refractivity contribution in [2.24, 2.45) is 0 Å². The van der Waals surface area contributed by atoms with Crippen molar-refractivity contribution in [2.75, 3.05) is 18.4 Å². The maximum Gasteiger partial charge on any atom is 0.251 e. The highest BCUT2D eigenvalue weighted by molar-refractivity contribution is 7.09. The number of carbonyl (C=O) groups is 2. The van der Waals surface area contributed by atoms with Crippen LogP contribution in [0.15, 0.2) is 41.8 Å². The third-order valence-electron chi connectivity index (χ3n) is 4.45. The van der Waals surface area contributed by atoms with Crippen LogP contribution in [0.3, 0.4) is 0 Å². The highest BCUT2D eigenvalue weighted by atomic mass is 35.5. The molecule has 2 aromatic rings. The predicted molar refractivity (Wildman–Crippen MR) is 113 cm³/mol. The lowest BCUT2D eigenvalue weighted by Gasteiger charge is -2.23. The maximum atomic E-state index is 12.4. The minimum absolute atomic E-state index is 0. The van der Waals surface area contributed by atoms with Gasteiger partial charge in [-0.3, -0.25) is 9.59 Å². The quantitative estimate of drug-likeness (QED) is 0.656. The zero-order valence-electron chi connectivity index (χ0n) is 15.2. The molecular weight excluding hydrogens is 382 g/mol. The molecule has 3 rings (SSSR count). The van der Waals surface area contributed by atoms with Crippen LogP contribution in [-0.2, 0) is 11.2 Å². The van der Waals surface area contributed by atoms with E-state index >= 15 is 0 Å². The molecule has 0 spiro atoms. The largest absolute Gasteiger partial charge is 0.348 e. The fraction of sp³-hybridized carbons (Fsp3) is 0.400. The molecule has 1 atom stereocenters. The number of hydrogen-bond donors (Lipinski definition) is 3. The number of amides is 2. The number of aryl methyl sites for hydroxylation is 1. The molecule has 7 heteroatoms. The van der Waals surface area contributed by atoms with Gasteiger partial charge in [0.25, 0.3) is 5.91 Å². The molecule has 1 unspecified atom stereocenters. The summed E-state index contributed by atoms with van der Waals surface area (Å²) in [5.74, 6) is -0.108. The van der Waals surface area contributed by atoms with Gasteiger partial charge in [0.05, 0.1) is 0 Å². The first-order valence-electron chi connectivity index (χ1n) is 9.14. The molecule has 3 N–H and O–H groups in total. The van der Waals surface area contributed by atoms with Crippen LogP contribution < -0.4 is 16.0 Å². The molecule has 0 aliphatic carbocycles. The van der Waals surface area contributed by atoms with E-state index in [1.54, 1.807) is 29.5 Å². The monoisotopic (exact) mass is 407 g/mol. The second-order valence-corrected chi connectivity index (χ2v) is 7.61. The van der Waals surface area contributed by atoms with Crippen LogP contribution in [-0.4, -0.2) is 30.9 Å². The summed E-state index contributed by atoms with van der Waals surface area (Å²) in [6.45, 7) is 1.83. The van der Waals surface area contributed by atoms with Crippen LogP contribution in [0, 0.1) is 0 Å². The lowest BCUT2D eigenvalue weighted by Crippen LogP contribution is -2.45. The van der Waals surface area contributed by atoms with Gasteiger partial charge in [0.1, 0.15) is 0 Å². The molecule has 1 aromatic heterocycles. The lowest BCUT2D eigenvalue weighted by atomic mass is 10.1. The van der Waals surface area contributed by atoms with Crippen molar-refractivity contribution < 1.29 is 9.59 Å². The van der Waals surface area contributed by atoms with E-state index in [0.29, 0.717) is 17.7 Å². The second kappa shape index (κ2) is 11.1. The highest BCUT2D eigenvalue weighted by Crippen LogP contribution is 2.14. The molecule has 2 heterocycles. The smallest absolute Gasteiger partial charge is 0.251 e. The number of halogens is 1. The molecular formula is C20H26ClN3O2S. The number of piperidine rings is 1. The minimum Gasteiger partial charge on any atom is -0.348 e. The number of carbonyl (C=O) groups excluding carboxylic acids is 2. The van der Waals surface area contributed by atoms with Crippen molar-refractivity contribution in [2.45, 2.75) is 38.1 Å². The molecule has 1 fully saturated rings. The van der Waals surface area contributed by atoms with Crippen molar-refractivity contribution in [3.63, 3.8) is 0 Å². The molecule has 5 nitrogen and oxygen atoms in total. The van der Waals surface area contributed by atoms with Crippen LogP contribution in [0.2, 0.25) is 0 Å². The van der Waals surface area contributed by atoms with Crippen molar-refractivity contribution in [1.29, 1.82) is 0 Å². The molecule has 1 aliphatic heterocycles. The first-order valence-corrected chi connectivity index (χ1v) is 10.0. The van der Waals surface area contributed by atoms with Gasteiger partial charge in [-0.25, -0.2) is 0 Å². The minimum atomic E-state index is -0.0903. The highest BCUT2D eigenvalue weighted by Gasteiger charge is 2.16. The van der Waals surface area contributed by atoms with Crippen LogP contribution in [0.25, 0.3) is 0 Å². The van der Waals surface area contributed by atoms with Crippen LogP contribution in [0.1, 0.15) is 40.9 Å². The van der Waals surface area contributed by atoms with Gasteiger partial charge in [0.15, 0.2) is 0 Å². The van der Waals surface area contributed by atoms with E-state index in [4.69, 9.17) is 0 Å². The first kappa shape index (κ1) is 21.4. The Balaban J connectivity index is 0.00000261. The van der Waals surface area contributed by atoms with Crippen molar-refractivity contribution >= 4 is 41.2 Å². The van der Waals surface area contributed by atoms with Crippen molar-refractivity contribution in [3.8, 4) is 0 Å². The van der Waals surface area contributed by atoms with E-state index in [-0.39, 0.29) is 30.3 Å². The topological polar surface area (TPSA) is 70.2 Å². The number of benzene rings is 1. The zero-order valence-corrected chi connectivity index (χ0v) is 16.8. The predicted octanol–water partition coefficient (Wildman–Crippen LogP) is 3.61.